The van der Waals surface area contributed by atoms with Crippen molar-refractivity contribution < 1.29 is 9.90 Å². The van der Waals surface area contributed by atoms with Crippen LogP contribution >= 0.6 is 11.3 Å². The van der Waals surface area contributed by atoms with Gasteiger partial charge in [0.05, 0.1) is 12.1 Å². The van der Waals surface area contributed by atoms with E-state index in [2.05, 4.69) is 20.7 Å². The molecule has 0 fully saturated rings. The third-order valence-electron chi connectivity index (χ3n) is 3.09. The molecule has 20 heavy (non-hydrogen) atoms. The Morgan fingerprint density at radius 3 is 3.00 bits per heavy atom. The van der Waals surface area contributed by atoms with Crippen LogP contribution in [0, 0.1) is 0 Å². The monoisotopic (exact) mass is 295 g/mol. The van der Waals surface area contributed by atoms with Crippen molar-refractivity contribution in [2.75, 3.05) is 6.61 Å². The van der Waals surface area contributed by atoms with E-state index in [1.807, 2.05) is 23.8 Å². The third kappa shape index (κ3) is 3.40. The fraction of sp³-hybridized carbons (Fsp3) is 0.500. The van der Waals surface area contributed by atoms with Crippen LogP contribution in [0.25, 0.3) is 11.4 Å². The zero-order valence-electron chi connectivity index (χ0n) is 11.4. The van der Waals surface area contributed by atoms with Gasteiger partial charge in [-0.3, -0.25) is 4.79 Å². The van der Waals surface area contributed by atoms with Gasteiger partial charge in [-0.25, -0.2) is 0 Å². The maximum atomic E-state index is 11.9. The highest BCUT2D eigenvalue weighted by atomic mass is 32.1. The van der Waals surface area contributed by atoms with Crippen LogP contribution in [0.4, 0.5) is 0 Å². The highest BCUT2D eigenvalue weighted by molar-refractivity contribution is 7.08. The number of carbonyl (C=O) groups is 1. The summed E-state index contributed by atoms with van der Waals surface area (Å²) in [5.74, 6) is 0.247. The Labute approximate surface area is 120 Å². The van der Waals surface area contributed by atoms with E-state index in [-0.39, 0.29) is 19.1 Å². The minimum atomic E-state index is -0.617. The van der Waals surface area contributed by atoms with E-state index < -0.39 is 5.54 Å². The molecule has 2 N–H and O–H groups in total. The molecule has 0 saturated carbocycles. The summed E-state index contributed by atoms with van der Waals surface area (Å²) in [7, 11) is 0. The molecule has 2 aromatic rings. The van der Waals surface area contributed by atoms with Crippen LogP contribution in [0.5, 0.6) is 0 Å². The van der Waals surface area contributed by atoms with Gasteiger partial charge in [-0.1, -0.05) is 6.92 Å². The molecule has 0 bridgehead atoms. The zero-order valence-corrected chi connectivity index (χ0v) is 12.2. The number of aliphatic hydroxyl groups is 1. The summed E-state index contributed by atoms with van der Waals surface area (Å²) in [4.78, 5) is 13.1. The van der Waals surface area contributed by atoms with Crippen molar-refractivity contribution in [1.82, 2.24) is 25.5 Å². The van der Waals surface area contributed by atoms with Crippen molar-refractivity contribution >= 4 is 17.2 Å². The number of hydrogen-bond donors (Lipinski definition) is 2. The molecule has 0 aromatic carbocycles. The standard InChI is InChI=1S/C12H17N5O2S/c1-3-12(2,8-18)13-10(19)6-17-15-11(14-16-17)9-4-5-20-7-9/h4-5,7,18H,3,6,8H2,1-2H3,(H,13,19). The second kappa shape index (κ2) is 6.10. The van der Waals surface area contributed by atoms with E-state index in [1.54, 1.807) is 18.3 Å². The number of tetrazole rings is 1. The number of rotatable bonds is 6. The van der Waals surface area contributed by atoms with Crippen LogP contribution in [-0.2, 0) is 11.3 Å². The molecule has 0 spiro atoms. The Morgan fingerprint density at radius 1 is 1.60 bits per heavy atom. The number of amides is 1. The average Bonchev–Trinajstić information content (AvgIpc) is 3.08. The molecule has 0 radical (unpaired) electrons. The molecular weight excluding hydrogens is 278 g/mol. The van der Waals surface area contributed by atoms with Gasteiger partial charge in [-0.05, 0) is 30.0 Å². The van der Waals surface area contributed by atoms with Crippen molar-refractivity contribution in [3.63, 3.8) is 0 Å². The predicted octanol–water partition coefficient (Wildman–Crippen LogP) is 0.679. The maximum Gasteiger partial charge on any atom is 0.244 e. The number of nitrogens with one attached hydrogen (secondary N) is 1. The molecule has 0 aliphatic heterocycles. The van der Waals surface area contributed by atoms with E-state index in [4.69, 9.17) is 0 Å². The van der Waals surface area contributed by atoms with E-state index >= 15 is 0 Å². The lowest BCUT2D eigenvalue weighted by molar-refractivity contribution is -0.124. The third-order valence-corrected chi connectivity index (χ3v) is 3.77. The van der Waals surface area contributed by atoms with E-state index in [1.165, 1.54) is 4.80 Å². The highest BCUT2D eigenvalue weighted by Crippen LogP contribution is 2.16. The summed E-state index contributed by atoms with van der Waals surface area (Å²) >= 11 is 1.55. The average molecular weight is 295 g/mol. The molecule has 8 heteroatoms. The molecule has 1 amide bonds. The second-order valence-electron chi connectivity index (χ2n) is 4.78. The van der Waals surface area contributed by atoms with E-state index in [9.17, 15) is 9.90 Å². The maximum absolute atomic E-state index is 11.9. The molecule has 2 rings (SSSR count). The van der Waals surface area contributed by atoms with E-state index in [0.29, 0.717) is 12.2 Å². The summed E-state index contributed by atoms with van der Waals surface area (Å²) in [5, 5.41) is 27.8. The number of thiophene rings is 1. The summed E-state index contributed by atoms with van der Waals surface area (Å²) in [6.07, 6.45) is 0.639. The smallest absolute Gasteiger partial charge is 0.244 e. The van der Waals surface area contributed by atoms with Gasteiger partial charge in [0.15, 0.2) is 0 Å². The molecule has 2 heterocycles. The van der Waals surface area contributed by atoms with Crippen LogP contribution in [0.15, 0.2) is 16.8 Å². The van der Waals surface area contributed by atoms with Gasteiger partial charge in [0.25, 0.3) is 0 Å². The number of nitrogens with zero attached hydrogens (tertiary/aromatic N) is 4. The Balaban J connectivity index is 1.99. The molecule has 1 unspecified atom stereocenters. The lowest BCUT2D eigenvalue weighted by Crippen LogP contribution is -2.49. The first-order valence-electron chi connectivity index (χ1n) is 6.28. The first-order valence-corrected chi connectivity index (χ1v) is 7.23. The molecule has 2 aromatic heterocycles. The first-order chi connectivity index (χ1) is 9.56. The molecular formula is C12H17N5O2S. The Hall–Kier alpha value is -1.80. The van der Waals surface area contributed by atoms with Gasteiger partial charge < -0.3 is 10.4 Å². The van der Waals surface area contributed by atoms with Gasteiger partial charge in [-0.2, -0.15) is 16.1 Å². The number of aromatic nitrogens is 4. The fourth-order valence-electron chi connectivity index (χ4n) is 1.56. The molecule has 7 nitrogen and oxygen atoms in total. The van der Waals surface area contributed by atoms with Crippen molar-refractivity contribution in [2.24, 2.45) is 0 Å². The van der Waals surface area contributed by atoms with Gasteiger partial charge in [0, 0.05) is 10.9 Å². The lowest BCUT2D eigenvalue weighted by Gasteiger charge is -2.26. The topological polar surface area (TPSA) is 92.9 Å². The first kappa shape index (κ1) is 14.6. The molecule has 0 aliphatic rings. The van der Waals surface area contributed by atoms with Gasteiger partial charge in [-0.15, -0.1) is 10.2 Å². The minimum absolute atomic E-state index is 0.0211. The quantitative estimate of drug-likeness (QED) is 0.817. The summed E-state index contributed by atoms with van der Waals surface area (Å²) in [6, 6.07) is 1.89. The molecule has 0 saturated heterocycles. The van der Waals surface area contributed by atoms with Crippen LogP contribution in [0.1, 0.15) is 20.3 Å². The molecule has 108 valence electrons. The Kier molecular flexibility index (Phi) is 4.46. The Bertz CT molecular complexity index is 562. The fourth-order valence-corrected chi connectivity index (χ4v) is 2.20. The van der Waals surface area contributed by atoms with Crippen LogP contribution < -0.4 is 5.32 Å². The molecule has 1 atom stereocenters. The summed E-state index contributed by atoms with van der Waals surface area (Å²) in [5.41, 5.74) is 0.267. The summed E-state index contributed by atoms with van der Waals surface area (Å²) < 4.78 is 0. The predicted molar refractivity (Wildman–Crippen MR) is 75.1 cm³/mol. The second-order valence-corrected chi connectivity index (χ2v) is 5.56. The minimum Gasteiger partial charge on any atom is -0.394 e. The molecule has 0 aliphatic carbocycles. The van der Waals surface area contributed by atoms with Crippen molar-refractivity contribution in [1.29, 1.82) is 0 Å². The zero-order chi connectivity index (χ0) is 14.6. The van der Waals surface area contributed by atoms with Crippen LogP contribution in [-0.4, -0.2) is 43.4 Å². The normalized spacial score (nSPS) is 13.9. The van der Waals surface area contributed by atoms with Gasteiger partial charge >= 0.3 is 0 Å². The number of aliphatic hydroxyl groups excluding tert-OH is 1. The van der Waals surface area contributed by atoms with Crippen LogP contribution in [0.2, 0.25) is 0 Å². The van der Waals surface area contributed by atoms with Crippen molar-refractivity contribution in [3.05, 3.63) is 16.8 Å². The van der Waals surface area contributed by atoms with E-state index in [0.717, 1.165) is 5.56 Å². The highest BCUT2D eigenvalue weighted by Gasteiger charge is 2.23. The number of hydrogen-bond acceptors (Lipinski definition) is 6. The van der Waals surface area contributed by atoms with Gasteiger partial charge in [0.1, 0.15) is 6.54 Å². The van der Waals surface area contributed by atoms with Crippen LogP contribution in [0.3, 0.4) is 0 Å². The van der Waals surface area contributed by atoms with Gasteiger partial charge in [0.2, 0.25) is 11.7 Å². The lowest BCUT2D eigenvalue weighted by atomic mass is 10.0. The number of carbonyl (C=O) groups excluding carboxylic acids is 1. The van der Waals surface area contributed by atoms with Crippen molar-refractivity contribution in [3.8, 4) is 11.4 Å². The van der Waals surface area contributed by atoms with Crippen molar-refractivity contribution in [2.45, 2.75) is 32.4 Å². The largest absolute Gasteiger partial charge is 0.394 e. The Morgan fingerprint density at radius 2 is 2.40 bits per heavy atom. The SMILES string of the molecule is CCC(C)(CO)NC(=O)Cn1nnc(-c2ccsc2)n1. The summed E-state index contributed by atoms with van der Waals surface area (Å²) in [6.45, 7) is 3.56.